The number of nitrogens with zero attached hydrogens (tertiary/aromatic N) is 1. The summed E-state index contributed by atoms with van der Waals surface area (Å²) in [6.07, 6.45) is 3.36. The van der Waals surface area contributed by atoms with Crippen molar-refractivity contribution in [3.05, 3.63) is 76.5 Å². The first-order chi connectivity index (χ1) is 15.8. The van der Waals surface area contributed by atoms with Crippen LogP contribution in [0.15, 0.2) is 48.5 Å². The van der Waals surface area contributed by atoms with Gasteiger partial charge in [-0.2, -0.15) is 0 Å². The molecule has 3 aromatic rings. The molecule has 0 bridgehead atoms. The first-order valence-corrected chi connectivity index (χ1v) is 11.4. The number of aromatic nitrogens is 1. The number of fused-ring (bicyclic) bond motifs is 1. The summed E-state index contributed by atoms with van der Waals surface area (Å²) >= 11 is 0. The number of carbonyl (C=O) groups excluding carboxylic acids is 2. The number of carbonyl (C=O) groups is 2. The second-order valence-corrected chi connectivity index (χ2v) is 10.1. The molecular formula is C29H33NO4. The summed E-state index contributed by atoms with van der Waals surface area (Å²) in [7, 11) is 0. The van der Waals surface area contributed by atoms with E-state index in [9.17, 15) is 9.59 Å². The third-order valence-corrected chi connectivity index (χ3v) is 5.34. The summed E-state index contributed by atoms with van der Waals surface area (Å²) in [5.41, 5.74) is 3.03. The number of ether oxygens (including phenoxy) is 2. The van der Waals surface area contributed by atoms with Crippen LogP contribution in [0.3, 0.4) is 0 Å². The monoisotopic (exact) mass is 459 g/mol. The molecule has 0 aliphatic rings. The highest BCUT2D eigenvalue weighted by atomic mass is 16.6. The van der Waals surface area contributed by atoms with E-state index in [0.717, 1.165) is 27.6 Å². The van der Waals surface area contributed by atoms with E-state index in [4.69, 9.17) is 9.47 Å². The minimum atomic E-state index is -1.14. The standard InChI is InChI=1S/C29H33NO4/c1-18-15-21(16-19(2)26(18)33-29(7,8)27(32)34-28(4,5)6)13-14-25(31)23-17-22-11-9-10-12-24(22)30-20(23)3/h9-17H,1-8H3/b14-13+. The van der Waals surface area contributed by atoms with Crippen molar-refractivity contribution >= 4 is 28.7 Å². The van der Waals surface area contributed by atoms with Crippen molar-refractivity contribution in [2.45, 2.75) is 66.6 Å². The van der Waals surface area contributed by atoms with E-state index in [2.05, 4.69) is 4.98 Å². The molecule has 0 spiro atoms. The summed E-state index contributed by atoms with van der Waals surface area (Å²) in [6.45, 7) is 14.6. The van der Waals surface area contributed by atoms with E-state index < -0.39 is 17.2 Å². The zero-order valence-corrected chi connectivity index (χ0v) is 21.3. The molecule has 1 heterocycles. The Labute approximate surface area is 201 Å². The molecule has 3 rings (SSSR count). The van der Waals surface area contributed by atoms with Gasteiger partial charge < -0.3 is 9.47 Å². The van der Waals surface area contributed by atoms with Gasteiger partial charge in [-0.05, 0) is 102 Å². The number of para-hydroxylation sites is 1. The van der Waals surface area contributed by atoms with Crippen LogP contribution in [0, 0.1) is 20.8 Å². The fraction of sp³-hybridized carbons (Fsp3) is 0.345. The molecule has 0 amide bonds. The Bertz CT molecular complexity index is 1260. The fourth-order valence-electron chi connectivity index (χ4n) is 3.66. The van der Waals surface area contributed by atoms with Crippen LogP contribution in [-0.4, -0.2) is 27.9 Å². The molecule has 2 aromatic carbocycles. The SMILES string of the molecule is Cc1cc(/C=C/C(=O)c2cc3ccccc3nc2C)cc(C)c1OC(C)(C)C(=O)OC(C)(C)C. The van der Waals surface area contributed by atoms with Crippen LogP contribution in [0.4, 0.5) is 0 Å². The maximum Gasteiger partial charge on any atom is 0.350 e. The molecule has 0 N–H and O–H groups in total. The number of hydrogen-bond donors (Lipinski definition) is 0. The molecule has 0 saturated carbocycles. The molecule has 1 aromatic heterocycles. The fourth-order valence-corrected chi connectivity index (χ4v) is 3.66. The van der Waals surface area contributed by atoms with Crippen molar-refractivity contribution in [1.82, 2.24) is 4.98 Å². The Morgan fingerprint density at radius 3 is 2.15 bits per heavy atom. The zero-order chi connectivity index (χ0) is 25.3. The molecule has 5 nitrogen and oxygen atoms in total. The Kier molecular flexibility index (Phi) is 6.97. The molecule has 5 heteroatoms. The van der Waals surface area contributed by atoms with Crippen molar-refractivity contribution in [3.63, 3.8) is 0 Å². The largest absolute Gasteiger partial charge is 0.476 e. The first kappa shape index (κ1) is 25.2. The van der Waals surface area contributed by atoms with E-state index in [1.807, 2.05) is 84.0 Å². The van der Waals surface area contributed by atoms with Crippen molar-refractivity contribution in [2.24, 2.45) is 0 Å². The van der Waals surface area contributed by atoms with E-state index in [-0.39, 0.29) is 5.78 Å². The number of benzene rings is 2. The number of esters is 1. The number of ketones is 1. The summed E-state index contributed by atoms with van der Waals surface area (Å²) in [6, 6.07) is 13.5. The highest BCUT2D eigenvalue weighted by Gasteiger charge is 2.35. The van der Waals surface area contributed by atoms with E-state index in [1.54, 1.807) is 26.0 Å². The molecule has 0 radical (unpaired) electrons. The van der Waals surface area contributed by atoms with Gasteiger partial charge in [-0.25, -0.2) is 4.79 Å². The summed E-state index contributed by atoms with van der Waals surface area (Å²) < 4.78 is 11.6. The predicted molar refractivity (Wildman–Crippen MR) is 136 cm³/mol. The van der Waals surface area contributed by atoms with Gasteiger partial charge in [0.15, 0.2) is 11.4 Å². The molecule has 0 unspecified atom stereocenters. The average Bonchev–Trinajstić information content (AvgIpc) is 2.73. The number of hydrogen-bond acceptors (Lipinski definition) is 5. The number of pyridine rings is 1. The minimum absolute atomic E-state index is 0.0996. The Balaban J connectivity index is 1.81. The van der Waals surface area contributed by atoms with Crippen LogP contribution in [0.1, 0.15) is 67.4 Å². The molecule has 0 aliphatic heterocycles. The molecular weight excluding hydrogens is 426 g/mol. The highest BCUT2D eigenvalue weighted by molar-refractivity contribution is 6.09. The Morgan fingerprint density at radius 1 is 0.912 bits per heavy atom. The van der Waals surface area contributed by atoms with E-state index >= 15 is 0 Å². The van der Waals surface area contributed by atoms with Crippen molar-refractivity contribution in [2.75, 3.05) is 0 Å². The Morgan fingerprint density at radius 2 is 1.53 bits per heavy atom. The normalized spacial score (nSPS) is 12.2. The third-order valence-electron chi connectivity index (χ3n) is 5.34. The van der Waals surface area contributed by atoms with Gasteiger partial charge in [0.25, 0.3) is 0 Å². The first-order valence-electron chi connectivity index (χ1n) is 11.4. The van der Waals surface area contributed by atoms with Crippen molar-refractivity contribution < 1.29 is 19.1 Å². The van der Waals surface area contributed by atoms with Crippen LogP contribution < -0.4 is 4.74 Å². The average molecular weight is 460 g/mol. The zero-order valence-electron chi connectivity index (χ0n) is 21.3. The number of rotatable bonds is 6. The third kappa shape index (κ3) is 5.90. The van der Waals surface area contributed by atoms with Gasteiger partial charge in [0, 0.05) is 16.6 Å². The van der Waals surface area contributed by atoms with Gasteiger partial charge in [-0.1, -0.05) is 24.3 Å². The summed E-state index contributed by atoms with van der Waals surface area (Å²) in [5.74, 6) is 0.110. The quantitative estimate of drug-likeness (QED) is 0.237. The van der Waals surface area contributed by atoms with Gasteiger partial charge in [0.05, 0.1) is 5.52 Å². The van der Waals surface area contributed by atoms with Gasteiger partial charge in [0.2, 0.25) is 0 Å². The van der Waals surface area contributed by atoms with Crippen molar-refractivity contribution in [3.8, 4) is 5.75 Å². The molecule has 0 saturated heterocycles. The maximum absolute atomic E-state index is 12.9. The smallest absolute Gasteiger partial charge is 0.350 e. The lowest BCUT2D eigenvalue weighted by Crippen LogP contribution is -2.43. The predicted octanol–water partition coefficient (Wildman–Crippen LogP) is 6.56. The van der Waals surface area contributed by atoms with Crippen LogP contribution in [0.5, 0.6) is 5.75 Å². The molecule has 0 aliphatic carbocycles. The van der Waals surface area contributed by atoms with Gasteiger partial charge in [0.1, 0.15) is 11.4 Å². The molecule has 0 fully saturated rings. The lowest BCUT2D eigenvalue weighted by atomic mass is 10.0. The highest BCUT2D eigenvalue weighted by Crippen LogP contribution is 2.30. The second-order valence-electron chi connectivity index (χ2n) is 10.1. The molecule has 34 heavy (non-hydrogen) atoms. The second kappa shape index (κ2) is 9.41. The van der Waals surface area contributed by atoms with Crippen LogP contribution in [-0.2, 0) is 9.53 Å². The lowest BCUT2D eigenvalue weighted by Gasteiger charge is -2.30. The minimum Gasteiger partial charge on any atom is -0.476 e. The number of allylic oxidation sites excluding steroid dienone is 1. The van der Waals surface area contributed by atoms with Crippen LogP contribution >= 0.6 is 0 Å². The number of aryl methyl sites for hydroxylation is 3. The van der Waals surface area contributed by atoms with Crippen molar-refractivity contribution in [1.29, 1.82) is 0 Å². The van der Waals surface area contributed by atoms with E-state index in [1.165, 1.54) is 0 Å². The van der Waals surface area contributed by atoms with E-state index in [0.29, 0.717) is 17.0 Å². The molecule has 0 atom stereocenters. The van der Waals surface area contributed by atoms with Gasteiger partial charge in [-0.15, -0.1) is 0 Å². The maximum atomic E-state index is 12.9. The summed E-state index contributed by atoms with van der Waals surface area (Å²) in [5, 5.41) is 0.936. The van der Waals surface area contributed by atoms with Crippen LogP contribution in [0.2, 0.25) is 0 Å². The topological polar surface area (TPSA) is 65.5 Å². The Hall–Kier alpha value is -3.47. The summed E-state index contributed by atoms with van der Waals surface area (Å²) in [4.78, 5) is 30.0. The van der Waals surface area contributed by atoms with Crippen LogP contribution in [0.25, 0.3) is 17.0 Å². The van der Waals surface area contributed by atoms with Gasteiger partial charge in [-0.3, -0.25) is 9.78 Å². The lowest BCUT2D eigenvalue weighted by molar-refractivity contribution is -0.171. The molecule has 178 valence electrons. The van der Waals surface area contributed by atoms with Gasteiger partial charge >= 0.3 is 5.97 Å².